The molecular formula is C16H25NO2. The van der Waals surface area contributed by atoms with E-state index in [0.717, 1.165) is 31.6 Å². The summed E-state index contributed by atoms with van der Waals surface area (Å²) in [5, 5.41) is 0. The lowest BCUT2D eigenvalue weighted by Crippen LogP contribution is -2.48. The number of hydrogen-bond acceptors (Lipinski definition) is 2. The highest BCUT2D eigenvalue weighted by Crippen LogP contribution is 2.60. The number of carbonyl (C=O) groups excluding carboxylic acids is 1. The van der Waals surface area contributed by atoms with Gasteiger partial charge in [0.05, 0.1) is 19.3 Å². The van der Waals surface area contributed by atoms with Gasteiger partial charge in [-0.15, -0.1) is 0 Å². The Bertz CT molecular complexity index is 392. The SMILES string of the molecule is C=CC(=O)N1CC2(CCC2CC(C)C)C2COCC21. The van der Waals surface area contributed by atoms with Gasteiger partial charge in [-0.1, -0.05) is 20.4 Å². The molecule has 2 heterocycles. The van der Waals surface area contributed by atoms with E-state index < -0.39 is 0 Å². The first-order valence-electron chi connectivity index (χ1n) is 7.59. The predicted octanol–water partition coefficient (Wildman–Crippen LogP) is 2.47. The fourth-order valence-corrected chi connectivity index (χ4v) is 4.65. The van der Waals surface area contributed by atoms with Crippen LogP contribution in [0.15, 0.2) is 12.7 Å². The molecule has 2 aliphatic heterocycles. The molecule has 106 valence electrons. The zero-order valence-electron chi connectivity index (χ0n) is 12.1. The van der Waals surface area contributed by atoms with Crippen LogP contribution >= 0.6 is 0 Å². The third-order valence-electron chi connectivity index (χ3n) is 5.64. The van der Waals surface area contributed by atoms with E-state index in [1.54, 1.807) is 0 Å². The lowest BCUT2D eigenvalue weighted by atomic mass is 9.53. The predicted molar refractivity (Wildman–Crippen MR) is 74.6 cm³/mol. The smallest absolute Gasteiger partial charge is 0.246 e. The molecule has 4 atom stereocenters. The van der Waals surface area contributed by atoms with Crippen molar-refractivity contribution >= 4 is 5.91 Å². The number of amides is 1. The average Bonchev–Trinajstić information content (AvgIpc) is 2.94. The van der Waals surface area contributed by atoms with E-state index in [9.17, 15) is 4.79 Å². The summed E-state index contributed by atoms with van der Waals surface area (Å²) in [4.78, 5) is 14.1. The van der Waals surface area contributed by atoms with Gasteiger partial charge >= 0.3 is 0 Å². The summed E-state index contributed by atoms with van der Waals surface area (Å²) in [7, 11) is 0. The molecule has 1 aliphatic carbocycles. The van der Waals surface area contributed by atoms with Gasteiger partial charge < -0.3 is 9.64 Å². The molecule has 3 rings (SSSR count). The number of carbonyl (C=O) groups is 1. The zero-order chi connectivity index (χ0) is 13.6. The number of fused-ring (bicyclic) bond motifs is 2. The van der Waals surface area contributed by atoms with Crippen LogP contribution in [0, 0.1) is 23.2 Å². The molecule has 0 N–H and O–H groups in total. The number of likely N-dealkylation sites (tertiary alicyclic amines) is 1. The first kappa shape index (κ1) is 13.2. The second-order valence-electron chi connectivity index (χ2n) is 6.98. The van der Waals surface area contributed by atoms with E-state index in [-0.39, 0.29) is 5.91 Å². The second kappa shape index (κ2) is 4.62. The van der Waals surface area contributed by atoms with Crippen LogP contribution < -0.4 is 0 Å². The Morgan fingerprint density at radius 3 is 2.89 bits per heavy atom. The number of rotatable bonds is 3. The minimum Gasteiger partial charge on any atom is -0.379 e. The Labute approximate surface area is 116 Å². The van der Waals surface area contributed by atoms with Crippen molar-refractivity contribution in [2.24, 2.45) is 23.2 Å². The van der Waals surface area contributed by atoms with Gasteiger partial charge in [-0.3, -0.25) is 4.79 Å². The van der Waals surface area contributed by atoms with Crippen LogP contribution in [-0.2, 0) is 9.53 Å². The van der Waals surface area contributed by atoms with Crippen molar-refractivity contribution in [2.45, 2.75) is 39.2 Å². The van der Waals surface area contributed by atoms with Gasteiger partial charge in [0.1, 0.15) is 0 Å². The minimum atomic E-state index is 0.0903. The number of nitrogens with zero attached hydrogens (tertiary/aromatic N) is 1. The van der Waals surface area contributed by atoms with Crippen molar-refractivity contribution in [1.29, 1.82) is 0 Å². The Morgan fingerprint density at radius 2 is 2.32 bits per heavy atom. The summed E-state index contributed by atoms with van der Waals surface area (Å²) < 4.78 is 5.69. The number of hydrogen-bond donors (Lipinski definition) is 0. The molecule has 0 aromatic heterocycles. The molecule has 3 fully saturated rings. The molecule has 0 radical (unpaired) electrons. The van der Waals surface area contributed by atoms with Crippen molar-refractivity contribution in [3.05, 3.63) is 12.7 Å². The van der Waals surface area contributed by atoms with Crippen LogP contribution in [0.25, 0.3) is 0 Å². The molecule has 1 saturated carbocycles. The topological polar surface area (TPSA) is 29.5 Å². The summed E-state index contributed by atoms with van der Waals surface area (Å²) in [6, 6.07) is 0.306. The van der Waals surface area contributed by atoms with Crippen LogP contribution in [0.1, 0.15) is 33.1 Å². The summed E-state index contributed by atoms with van der Waals surface area (Å²) in [6.45, 7) is 10.8. The van der Waals surface area contributed by atoms with E-state index >= 15 is 0 Å². The summed E-state index contributed by atoms with van der Waals surface area (Å²) in [6.07, 6.45) is 5.36. The van der Waals surface area contributed by atoms with Crippen LogP contribution in [0.4, 0.5) is 0 Å². The largest absolute Gasteiger partial charge is 0.379 e. The van der Waals surface area contributed by atoms with Crippen LogP contribution in [-0.4, -0.2) is 36.6 Å². The van der Waals surface area contributed by atoms with Gasteiger partial charge in [-0.2, -0.15) is 0 Å². The standard InChI is InChI=1S/C16H25NO2/c1-4-15(18)17-10-16(13-8-19-9-14(13)17)6-5-12(16)7-11(2)3/h4,11-14H,1,5-10H2,2-3H3. The zero-order valence-corrected chi connectivity index (χ0v) is 12.1. The molecule has 0 aromatic carbocycles. The highest BCUT2D eigenvalue weighted by molar-refractivity contribution is 5.87. The van der Waals surface area contributed by atoms with E-state index in [2.05, 4.69) is 20.4 Å². The van der Waals surface area contributed by atoms with Crippen molar-refractivity contribution in [1.82, 2.24) is 4.90 Å². The maximum absolute atomic E-state index is 12.1. The molecule has 19 heavy (non-hydrogen) atoms. The Hall–Kier alpha value is -0.830. The quantitative estimate of drug-likeness (QED) is 0.732. The van der Waals surface area contributed by atoms with Gasteiger partial charge in [0, 0.05) is 12.5 Å². The molecule has 1 amide bonds. The molecule has 2 saturated heterocycles. The first-order valence-corrected chi connectivity index (χ1v) is 7.59. The van der Waals surface area contributed by atoms with Crippen LogP contribution in [0.2, 0.25) is 0 Å². The molecule has 0 aromatic rings. The summed E-state index contributed by atoms with van der Waals surface area (Å²) in [5.41, 5.74) is 0.351. The molecule has 3 aliphatic rings. The first-order chi connectivity index (χ1) is 9.08. The van der Waals surface area contributed by atoms with Crippen molar-refractivity contribution in [2.75, 3.05) is 19.8 Å². The third kappa shape index (κ3) is 1.85. The molecule has 1 spiro atoms. The third-order valence-corrected chi connectivity index (χ3v) is 5.64. The second-order valence-corrected chi connectivity index (χ2v) is 6.98. The van der Waals surface area contributed by atoms with Crippen molar-refractivity contribution in [3.8, 4) is 0 Å². The Balaban J connectivity index is 1.83. The average molecular weight is 263 g/mol. The van der Waals surface area contributed by atoms with Crippen LogP contribution in [0.3, 0.4) is 0 Å². The van der Waals surface area contributed by atoms with E-state index in [1.807, 2.05) is 4.90 Å². The van der Waals surface area contributed by atoms with E-state index in [1.165, 1.54) is 25.3 Å². The maximum Gasteiger partial charge on any atom is 0.246 e. The minimum absolute atomic E-state index is 0.0903. The lowest BCUT2D eigenvalue weighted by Gasteiger charge is -2.51. The normalized spacial score (nSPS) is 40.6. The number of ether oxygens (including phenoxy) is 1. The van der Waals surface area contributed by atoms with Crippen molar-refractivity contribution < 1.29 is 9.53 Å². The van der Waals surface area contributed by atoms with E-state index in [0.29, 0.717) is 17.4 Å². The fourth-order valence-electron chi connectivity index (χ4n) is 4.65. The van der Waals surface area contributed by atoms with Crippen LogP contribution in [0.5, 0.6) is 0 Å². The lowest BCUT2D eigenvalue weighted by molar-refractivity contribution is -0.128. The summed E-state index contributed by atoms with van der Waals surface area (Å²) >= 11 is 0. The molecule has 0 bridgehead atoms. The maximum atomic E-state index is 12.1. The molecule has 3 nitrogen and oxygen atoms in total. The Morgan fingerprint density at radius 1 is 1.53 bits per heavy atom. The van der Waals surface area contributed by atoms with E-state index in [4.69, 9.17) is 4.74 Å². The monoisotopic (exact) mass is 263 g/mol. The van der Waals surface area contributed by atoms with Gasteiger partial charge in [0.2, 0.25) is 5.91 Å². The van der Waals surface area contributed by atoms with Gasteiger partial charge in [-0.25, -0.2) is 0 Å². The van der Waals surface area contributed by atoms with Gasteiger partial charge in [-0.05, 0) is 42.6 Å². The summed E-state index contributed by atoms with van der Waals surface area (Å²) in [5.74, 6) is 2.18. The Kier molecular flexibility index (Phi) is 3.20. The van der Waals surface area contributed by atoms with Gasteiger partial charge in [0.15, 0.2) is 0 Å². The fraction of sp³-hybridized carbons (Fsp3) is 0.812. The molecule has 3 heteroatoms. The van der Waals surface area contributed by atoms with Crippen molar-refractivity contribution in [3.63, 3.8) is 0 Å². The molecular weight excluding hydrogens is 238 g/mol. The van der Waals surface area contributed by atoms with Gasteiger partial charge in [0.25, 0.3) is 0 Å². The molecule has 4 unspecified atom stereocenters. The highest BCUT2D eigenvalue weighted by Gasteiger charge is 2.62. The highest BCUT2D eigenvalue weighted by atomic mass is 16.5.